The van der Waals surface area contributed by atoms with Gasteiger partial charge < -0.3 is 5.32 Å². The molecule has 0 aliphatic heterocycles. The van der Waals surface area contributed by atoms with E-state index in [2.05, 4.69) is 46.7 Å². The molecule has 0 bridgehead atoms. The molecule has 0 fully saturated rings. The van der Waals surface area contributed by atoms with E-state index in [9.17, 15) is 0 Å². The lowest BCUT2D eigenvalue weighted by Crippen LogP contribution is -2.02. The molecule has 0 unspecified atom stereocenters. The molecule has 3 rings (SSSR count). The fourth-order valence-corrected chi connectivity index (χ4v) is 2.16. The minimum atomic E-state index is 0.667. The van der Waals surface area contributed by atoms with Crippen molar-refractivity contribution in [1.29, 1.82) is 0 Å². The Morgan fingerprint density at radius 2 is 1.90 bits per heavy atom. The fraction of sp³-hybridized carbons (Fsp3) is 0.176. The molecule has 0 saturated carbocycles. The minimum Gasteiger partial charge on any atom is -0.379 e. The highest BCUT2D eigenvalue weighted by Crippen LogP contribution is 2.12. The second kappa shape index (κ2) is 6.22. The van der Waals surface area contributed by atoms with Crippen LogP contribution in [-0.4, -0.2) is 15.0 Å². The summed E-state index contributed by atoms with van der Waals surface area (Å²) in [6, 6.07) is 18.4. The molecule has 1 heterocycles. The van der Waals surface area contributed by atoms with E-state index >= 15 is 0 Å². The van der Waals surface area contributed by atoms with Crippen LogP contribution >= 0.6 is 0 Å². The average molecular weight is 278 g/mol. The largest absolute Gasteiger partial charge is 0.379 e. The SMILES string of the molecule is CCc1cccc(NCc2cnn(-c3ccccc3)n2)c1. The van der Waals surface area contributed by atoms with Gasteiger partial charge >= 0.3 is 0 Å². The molecule has 1 N–H and O–H groups in total. The van der Waals surface area contributed by atoms with Crippen molar-refractivity contribution in [2.45, 2.75) is 19.9 Å². The van der Waals surface area contributed by atoms with E-state index in [-0.39, 0.29) is 0 Å². The lowest BCUT2D eigenvalue weighted by molar-refractivity contribution is 0.740. The van der Waals surface area contributed by atoms with Crippen LogP contribution < -0.4 is 5.32 Å². The minimum absolute atomic E-state index is 0.667. The number of hydrogen-bond donors (Lipinski definition) is 1. The molecule has 0 aliphatic carbocycles. The van der Waals surface area contributed by atoms with Crippen molar-refractivity contribution >= 4 is 5.69 Å². The Morgan fingerprint density at radius 1 is 1.05 bits per heavy atom. The zero-order valence-corrected chi connectivity index (χ0v) is 12.0. The van der Waals surface area contributed by atoms with Gasteiger partial charge in [0, 0.05) is 5.69 Å². The van der Waals surface area contributed by atoms with Gasteiger partial charge in [-0.05, 0) is 36.2 Å². The van der Waals surface area contributed by atoms with Crippen LogP contribution in [0.15, 0.2) is 60.8 Å². The zero-order chi connectivity index (χ0) is 14.5. The molecule has 0 atom stereocenters. The number of para-hydroxylation sites is 1. The smallest absolute Gasteiger partial charge is 0.102 e. The maximum Gasteiger partial charge on any atom is 0.102 e. The number of anilines is 1. The molecule has 4 nitrogen and oxygen atoms in total. The molecule has 0 radical (unpaired) electrons. The first-order valence-electron chi connectivity index (χ1n) is 7.14. The van der Waals surface area contributed by atoms with E-state index in [1.54, 1.807) is 11.0 Å². The van der Waals surface area contributed by atoms with E-state index in [1.165, 1.54) is 5.56 Å². The second-order valence-electron chi connectivity index (χ2n) is 4.87. The number of hydrogen-bond acceptors (Lipinski definition) is 3. The Bertz CT molecular complexity index is 704. The van der Waals surface area contributed by atoms with Crippen molar-refractivity contribution in [2.75, 3.05) is 5.32 Å². The first kappa shape index (κ1) is 13.4. The van der Waals surface area contributed by atoms with E-state index in [0.29, 0.717) is 6.54 Å². The summed E-state index contributed by atoms with van der Waals surface area (Å²) in [7, 11) is 0. The summed E-state index contributed by atoms with van der Waals surface area (Å²) in [5.74, 6) is 0. The maximum absolute atomic E-state index is 4.48. The van der Waals surface area contributed by atoms with E-state index in [0.717, 1.165) is 23.5 Å². The average Bonchev–Trinajstić information content (AvgIpc) is 3.03. The first-order chi connectivity index (χ1) is 10.3. The van der Waals surface area contributed by atoms with Crippen molar-refractivity contribution in [2.24, 2.45) is 0 Å². The summed E-state index contributed by atoms with van der Waals surface area (Å²) >= 11 is 0. The molecule has 2 aromatic carbocycles. The molecule has 0 saturated heterocycles. The van der Waals surface area contributed by atoms with Crippen molar-refractivity contribution in [3.05, 3.63) is 72.1 Å². The van der Waals surface area contributed by atoms with E-state index in [1.807, 2.05) is 30.3 Å². The summed E-state index contributed by atoms with van der Waals surface area (Å²) in [4.78, 5) is 1.65. The van der Waals surface area contributed by atoms with Crippen LogP contribution in [0.3, 0.4) is 0 Å². The van der Waals surface area contributed by atoms with E-state index < -0.39 is 0 Å². The molecule has 3 aromatic rings. The number of aryl methyl sites for hydroxylation is 1. The summed E-state index contributed by atoms with van der Waals surface area (Å²) in [5.41, 5.74) is 4.33. The third-order valence-corrected chi connectivity index (χ3v) is 3.34. The van der Waals surface area contributed by atoms with Gasteiger partial charge in [0.15, 0.2) is 0 Å². The van der Waals surface area contributed by atoms with Gasteiger partial charge in [-0.25, -0.2) is 0 Å². The van der Waals surface area contributed by atoms with Crippen LogP contribution in [0, 0.1) is 0 Å². The number of aromatic nitrogens is 3. The highest BCUT2D eigenvalue weighted by Gasteiger charge is 2.02. The van der Waals surface area contributed by atoms with Gasteiger partial charge in [0.1, 0.15) is 5.69 Å². The number of benzene rings is 2. The van der Waals surface area contributed by atoms with Gasteiger partial charge in [-0.15, -0.1) is 0 Å². The third-order valence-electron chi connectivity index (χ3n) is 3.34. The highest BCUT2D eigenvalue weighted by molar-refractivity contribution is 5.45. The monoisotopic (exact) mass is 278 g/mol. The Labute approximate surface area is 124 Å². The molecule has 1 aromatic heterocycles. The first-order valence-corrected chi connectivity index (χ1v) is 7.14. The zero-order valence-electron chi connectivity index (χ0n) is 12.0. The normalized spacial score (nSPS) is 10.5. The Morgan fingerprint density at radius 3 is 2.71 bits per heavy atom. The molecular formula is C17H18N4. The quantitative estimate of drug-likeness (QED) is 0.777. The van der Waals surface area contributed by atoms with Crippen molar-refractivity contribution in [3.63, 3.8) is 0 Å². The molecule has 106 valence electrons. The Kier molecular flexibility index (Phi) is 3.96. The molecular weight excluding hydrogens is 260 g/mol. The van der Waals surface area contributed by atoms with Crippen LogP contribution in [0.4, 0.5) is 5.69 Å². The van der Waals surface area contributed by atoms with Gasteiger partial charge in [-0.3, -0.25) is 0 Å². The summed E-state index contributed by atoms with van der Waals surface area (Å²) in [6.45, 7) is 2.82. The fourth-order valence-electron chi connectivity index (χ4n) is 2.16. The number of rotatable bonds is 5. The predicted molar refractivity (Wildman–Crippen MR) is 84.5 cm³/mol. The Balaban J connectivity index is 1.67. The third kappa shape index (κ3) is 3.28. The molecule has 0 amide bonds. The summed E-state index contributed by atoms with van der Waals surface area (Å²) in [5, 5.41) is 12.2. The van der Waals surface area contributed by atoms with E-state index in [4.69, 9.17) is 0 Å². The Hall–Kier alpha value is -2.62. The second-order valence-corrected chi connectivity index (χ2v) is 4.87. The number of nitrogens with one attached hydrogen (secondary N) is 1. The predicted octanol–water partition coefficient (Wildman–Crippen LogP) is 3.44. The van der Waals surface area contributed by atoms with Gasteiger partial charge in [0.05, 0.1) is 18.4 Å². The van der Waals surface area contributed by atoms with Crippen molar-refractivity contribution in [1.82, 2.24) is 15.0 Å². The van der Waals surface area contributed by atoms with Crippen LogP contribution in [0.25, 0.3) is 5.69 Å². The van der Waals surface area contributed by atoms with Crippen LogP contribution in [-0.2, 0) is 13.0 Å². The molecule has 4 heteroatoms. The standard InChI is InChI=1S/C17H18N4/c1-2-14-7-6-8-15(11-14)18-12-16-13-19-21(20-16)17-9-4-3-5-10-17/h3-11,13,18H,2,12H2,1H3. The van der Waals surface area contributed by atoms with Gasteiger partial charge in [-0.2, -0.15) is 15.0 Å². The highest BCUT2D eigenvalue weighted by atomic mass is 15.5. The van der Waals surface area contributed by atoms with Crippen LogP contribution in [0.1, 0.15) is 18.2 Å². The topological polar surface area (TPSA) is 42.7 Å². The maximum atomic E-state index is 4.48. The number of nitrogens with zero attached hydrogens (tertiary/aromatic N) is 3. The van der Waals surface area contributed by atoms with Gasteiger partial charge in [0.2, 0.25) is 0 Å². The molecule has 0 aliphatic rings. The van der Waals surface area contributed by atoms with Gasteiger partial charge in [0.25, 0.3) is 0 Å². The summed E-state index contributed by atoms with van der Waals surface area (Å²) in [6.07, 6.45) is 2.84. The summed E-state index contributed by atoms with van der Waals surface area (Å²) < 4.78 is 0. The lowest BCUT2D eigenvalue weighted by atomic mass is 10.1. The van der Waals surface area contributed by atoms with Gasteiger partial charge in [-0.1, -0.05) is 37.3 Å². The molecule has 21 heavy (non-hydrogen) atoms. The van der Waals surface area contributed by atoms with Crippen molar-refractivity contribution < 1.29 is 0 Å². The lowest BCUT2D eigenvalue weighted by Gasteiger charge is -2.05. The van der Waals surface area contributed by atoms with Crippen LogP contribution in [0.2, 0.25) is 0 Å². The van der Waals surface area contributed by atoms with Crippen LogP contribution in [0.5, 0.6) is 0 Å². The molecule has 0 spiro atoms. The van der Waals surface area contributed by atoms with Crippen molar-refractivity contribution in [3.8, 4) is 5.69 Å².